The van der Waals surface area contributed by atoms with Gasteiger partial charge in [-0.2, -0.15) is 4.98 Å². The van der Waals surface area contributed by atoms with Crippen molar-refractivity contribution in [2.45, 2.75) is 39.0 Å². The van der Waals surface area contributed by atoms with Crippen molar-refractivity contribution in [3.63, 3.8) is 0 Å². The number of anilines is 1. The van der Waals surface area contributed by atoms with Crippen LogP contribution >= 0.6 is 12.4 Å². The number of benzene rings is 1. The summed E-state index contributed by atoms with van der Waals surface area (Å²) in [6, 6.07) is 8.26. The Hall–Kier alpha value is -1.92. The molecule has 3 rings (SSSR count). The van der Waals surface area contributed by atoms with E-state index in [2.05, 4.69) is 58.7 Å². The van der Waals surface area contributed by atoms with Crippen molar-refractivity contribution in [1.29, 1.82) is 0 Å². The van der Waals surface area contributed by atoms with Gasteiger partial charge in [-0.25, -0.2) is 0 Å². The average molecular weight is 364 g/mol. The van der Waals surface area contributed by atoms with Crippen molar-refractivity contribution in [2.24, 2.45) is 5.92 Å². The molecule has 1 aliphatic heterocycles. The highest BCUT2D eigenvalue weighted by molar-refractivity contribution is 5.91. The van der Waals surface area contributed by atoms with Crippen LogP contribution in [0.25, 0.3) is 11.4 Å². The van der Waals surface area contributed by atoms with Crippen LogP contribution in [0.3, 0.4) is 0 Å². The van der Waals surface area contributed by atoms with Gasteiger partial charge in [-0.05, 0) is 36.9 Å². The summed E-state index contributed by atoms with van der Waals surface area (Å²) in [5, 5.41) is 13.1. The first-order valence-electron chi connectivity index (χ1n) is 8.48. The lowest BCUT2D eigenvalue weighted by molar-refractivity contribution is -0.120. The van der Waals surface area contributed by atoms with Crippen molar-refractivity contribution in [2.75, 3.05) is 18.4 Å². The fourth-order valence-corrected chi connectivity index (χ4v) is 2.87. The van der Waals surface area contributed by atoms with E-state index < -0.39 is 0 Å². The first-order valence-corrected chi connectivity index (χ1v) is 8.48. The van der Waals surface area contributed by atoms with Gasteiger partial charge in [-0.15, -0.1) is 17.5 Å². The topological polar surface area (TPSA) is 82.7 Å². The summed E-state index contributed by atoms with van der Waals surface area (Å²) >= 11 is 0. The lowest BCUT2D eigenvalue weighted by Crippen LogP contribution is -2.34. The number of hydrogen-bond acceptors (Lipinski definition) is 4. The number of aromatic nitrogens is 3. The maximum atomic E-state index is 12.2. The van der Waals surface area contributed by atoms with Crippen LogP contribution in [-0.4, -0.2) is 34.2 Å². The molecular formula is C18H26ClN5O. The second-order valence-electron chi connectivity index (χ2n) is 7.35. The molecule has 3 N–H and O–H groups in total. The van der Waals surface area contributed by atoms with E-state index in [0.717, 1.165) is 31.5 Å². The zero-order valence-corrected chi connectivity index (χ0v) is 15.7. The average Bonchev–Trinajstić information content (AvgIpc) is 3.03. The summed E-state index contributed by atoms with van der Waals surface area (Å²) in [6.45, 7) is 8.33. The van der Waals surface area contributed by atoms with Gasteiger partial charge in [0.25, 0.3) is 0 Å². The highest BCUT2D eigenvalue weighted by Gasteiger charge is 2.22. The van der Waals surface area contributed by atoms with Gasteiger partial charge in [0.1, 0.15) is 0 Å². The minimum atomic E-state index is 0. The van der Waals surface area contributed by atoms with E-state index in [9.17, 15) is 4.79 Å². The number of hydrogen-bond donors (Lipinski definition) is 3. The third kappa shape index (κ3) is 4.80. The molecular weight excluding hydrogens is 338 g/mol. The standard InChI is InChI=1S/C18H25N5O.ClH/c1-18(2,3)14-6-4-12(5-7-14)15-20-17(23-22-15)21-16(24)13-8-10-19-11-9-13;/h4-7,13,19H,8-11H2,1-3H3,(H2,20,21,22,23,24);1H. The van der Waals surface area contributed by atoms with E-state index in [-0.39, 0.29) is 29.6 Å². The number of amides is 1. The first kappa shape index (κ1) is 19.4. The molecule has 1 aliphatic rings. The highest BCUT2D eigenvalue weighted by atomic mass is 35.5. The fraction of sp³-hybridized carbons (Fsp3) is 0.500. The molecule has 1 aromatic heterocycles. The van der Waals surface area contributed by atoms with Gasteiger partial charge in [0.05, 0.1) is 0 Å². The van der Waals surface area contributed by atoms with Gasteiger partial charge in [0.2, 0.25) is 11.9 Å². The number of nitrogens with one attached hydrogen (secondary N) is 3. The molecule has 0 atom stereocenters. The number of nitrogens with zero attached hydrogens (tertiary/aromatic N) is 2. The smallest absolute Gasteiger partial charge is 0.249 e. The van der Waals surface area contributed by atoms with Crippen LogP contribution in [0.5, 0.6) is 0 Å². The lowest BCUT2D eigenvalue weighted by atomic mass is 9.87. The van der Waals surface area contributed by atoms with Crippen molar-refractivity contribution in [1.82, 2.24) is 20.5 Å². The first-order chi connectivity index (χ1) is 11.4. The molecule has 6 nitrogen and oxygen atoms in total. The van der Waals surface area contributed by atoms with E-state index in [1.54, 1.807) is 0 Å². The van der Waals surface area contributed by atoms with E-state index in [1.807, 2.05) is 12.1 Å². The monoisotopic (exact) mass is 363 g/mol. The Labute approximate surface area is 154 Å². The predicted molar refractivity (Wildman–Crippen MR) is 102 cm³/mol. The molecule has 7 heteroatoms. The molecule has 1 saturated heterocycles. The summed E-state index contributed by atoms with van der Waals surface area (Å²) in [4.78, 5) is 16.6. The van der Waals surface area contributed by atoms with Crippen molar-refractivity contribution in [3.05, 3.63) is 29.8 Å². The molecule has 0 aliphatic carbocycles. The van der Waals surface area contributed by atoms with E-state index in [4.69, 9.17) is 0 Å². The molecule has 0 unspecified atom stereocenters. The Morgan fingerprint density at radius 2 is 1.80 bits per heavy atom. The number of carbonyl (C=O) groups is 1. The van der Waals surface area contributed by atoms with Crippen LogP contribution < -0.4 is 10.6 Å². The Balaban J connectivity index is 0.00000225. The van der Waals surface area contributed by atoms with E-state index in [0.29, 0.717) is 11.8 Å². The summed E-state index contributed by atoms with van der Waals surface area (Å²) in [6.07, 6.45) is 1.72. The third-order valence-corrected chi connectivity index (χ3v) is 4.45. The van der Waals surface area contributed by atoms with Gasteiger partial charge in [0.15, 0.2) is 5.82 Å². The van der Waals surface area contributed by atoms with Crippen LogP contribution in [0.2, 0.25) is 0 Å². The summed E-state index contributed by atoms with van der Waals surface area (Å²) < 4.78 is 0. The second-order valence-corrected chi connectivity index (χ2v) is 7.35. The number of aromatic amines is 1. The zero-order chi connectivity index (χ0) is 17.2. The van der Waals surface area contributed by atoms with Gasteiger partial charge in [-0.1, -0.05) is 45.0 Å². The van der Waals surface area contributed by atoms with Crippen molar-refractivity contribution < 1.29 is 4.79 Å². The summed E-state index contributed by atoms with van der Waals surface area (Å²) in [5.74, 6) is 1.05. The van der Waals surface area contributed by atoms with Crippen LogP contribution in [0, 0.1) is 5.92 Å². The Morgan fingerprint density at radius 1 is 1.16 bits per heavy atom. The predicted octanol–water partition coefficient (Wildman–Crippen LogP) is 3.13. The highest BCUT2D eigenvalue weighted by Crippen LogP contribution is 2.25. The molecule has 0 radical (unpaired) electrons. The van der Waals surface area contributed by atoms with E-state index >= 15 is 0 Å². The van der Waals surface area contributed by atoms with Crippen molar-refractivity contribution in [3.8, 4) is 11.4 Å². The maximum Gasteiger partial charge on any atom is 0.249 e. The van der Waals surface area contributed by atoms with Gasteiger partial charge in [0, 0.05) is 11.5 Å². The molecule has 25 heavy (non-hydrogen) atoms. The number of H-pyrrole nitrogens is 1. The van der Waals surface area contributed by atoms with Crippen LogP contribution in [0.4, 0.5) is 5.95 Å². The van der Waals surface area contributed by atoms with Crippen LogP contribution in [-0.2, 0) is 10.2 Å². The van der Waals surface area contributed by atoms with Crippen LogP contribution in [0.15, 0.2) is 24.3 Å². The summed E-state index contributed by atoms with van der Waals surface area (Å²) in [7, 11) is 0. The quantitative estimate of drug-likeness (QED) is 0.782. The molecule has 0 spiro atoms. The molecule has 2 aromatic rings. The maximum absolute atomic E-state index is 12.2. The normalized spacial score (nSPS) is 15.5. The van der Waals surface area contributed by atoms with Crippen molar-refractivity contribution >= 4 is 24.3 Å². The van der Waals surface area contributed by atoms with Gasteiger partial charge in [-0.3, -0.25) is 15.2 Å². The molecule has 1 amide bonds. The second kappa shape index (κ2) is 7.97. The van der Waals surface area contributed by atoms with Gasteiger partial charge < -0.3 is 5.32 Å². The molecule has 0 saturated carbocycles. The molecule has 1 aromatic carbocycles. The molecule has 2 heterocycles. The number of carbonyl (C=O) groups excluding carboxylic acids is 1. The SMILES string of the molecule is CC(C)(C)c1ccc(-c2nc(NC(=O)C3CCNCC3)n[nH]2)cc1.Cl. The minimum Gasteiger partial charge on any atom is -0.317 e. The Bertz CT molecular complexity index is 699. The zero-order valence-electron chi connectivity index (χ0n) is 14.9. The minimum absolute atomic E-state index is 0. The fourth-order valence-electron chi connectivity index (χ4n) is 2.87. The number of halogens is 1. The molecule has 1 fully saturated rings. The molecule has 0 bridgehead atoms. The Kier molecular flexibility index (Phi) is 6.19. The largest absolute Gasteiger partial charge is 0.317 e. The van der Waals surface area contributed by atoms with Gasteiger partial charge >= 0.3 is 0 Å². The van der Waals surface area contributed by atoms with Crippen LogP contribution in [0.1, 0.15) is 39.2 Å². The third-order valence-electron chi connectivity index (χ3n) is 4.45. The van der Waals surface area contributed by atoms with E-state index in [1.165, 1.54) is 5.56 Å². The lowest BCUT2D eigenvalue weighted by Gasteiger charge is -2.20. The molecule has 136 valence electrons. The summed E-state index contributed by atoms with van der Waals surface area (Å²) in [5.41, 5.74) is 2.34. The number of rotatable bonds is 3. The Morgan fingerprint density at radius 3 is 2.40 bits per heavy atom. The number of piperidine rings is 1.